The molecule has 2 atom stereocenters. The fourth-order valence-corrected chi connectivity index (χ4v) is 6.91. The van der Waals surface area contributed by atoms with E-state index in [4.69, 9.17) is 24.2 Å². The van der Waals surface area contributed by atoms with Crippen molar-refractivity contribution in [1.29, 1.82) is 5.26 Å². The molecule has 4 aromatic rings. The summed E-state index contributed by atoms with van der Waals surface area (Å²) in [4.78, 5) is 30.2. The third-order valence-corrected chi connectivity index (χ3v) is 9.65. The van der Waals surface area contributed by atoms with Crippen LogP contribution in [0, 0.1) is 28.8 Å². The average molecular weight is 748 g/mol. The molecule has 2 heterocycles. The van der Waals surface area contributed by atoms with Gasteiger partial charge in [-0.3, -0.25) is 4.79 Å². The van der Waals surface area contributed by atoms with Crippen LogP contribution in [0.15, 0.2) is 91.5 Å². The molecule has 5 rings (SSSR count). The highest BCUT2D eigenvalue weighted by atomic mass is 32.2. The second-order valence-corrected chi connectivity index (χ2v) is 13.5. The van der Waals surface area contributed by atoms with E-state index in [9.17, 15) is 18.4 Å². The van der Waals surface area contributed by atoms with Gasteiger partial charge >= 0.3 is 11.9 Å². The molecule has 53 heavy (non-hydrogen) atoms. The minimum Gasteiger partial charge on any atom is -0.460 e. The Morgan fingerprint density at radius 3 is 2.60 bits per heavy atom. The fraction of sp³-hybridized carbons (Fsp3) is 0.289. The van der Waals surface area contributed by atoms with E-state index in [0.29, 0.717) is 11.1 Å². The Bertz CT molecular complexity index is 1980. The summed E-state index contributed by atoms with van der Waals surface area (Å²) in [7, 11) is 1.60. The Balaban J connectivity index is 1.36. The average Bonchev–Trinajstić information content (AvgIpc) is 3.66. The van der Waals surface area contributed by atoms with Gasteiger partial charge in [0.25, 0.3) is 0 Å². The smallest absolute Gasteiger partial charge is 0.339 e. The van der Waals surface area contributed by atoms with Crippen LogP contribution in [-0.4, -0.2) is 70.3 Å². The van der Waals surface area contributed by atoms with E-state index in [1.54, 1.807) is 56.5 Å². The van der Waals surface area contributed by atoms with E-state index < -0.39 is 46.5 Å². The lowest BCUT2D eigenvalue weighted by Crippen LogP contribution is -2.47. The first-order valence-corrected chi connectivity index (χ1v) is 17.4. The van der Waals surface area contributed by atoms with E-state index in [0.717, 1.165) is 18.2 Å². The van der Waals surface area contributed by atoms with E-state index >= 15 is 4.39 Å². The van der Waals surface area contributed by atoms with Crippen molar-refractivity contribution in [3.05, 3.63) is 137 Å². The second kappa shape index (κ2) is 18.5. The summed E-state index contributed by atoms with van der Waals surface area (Å²) in [6.45, 7) is 1.72. The number of allylic oxidation sites excluding steroid dienone is 2. The zero-order valence-corrected chi connectivity index (χ0v) is 29.6. The lowest BCUT2D eigenvalue weighted by atomic mass is 9.89. The van der Waals surface area contributed by atoms with Crippen LogP contribution in [0.1, 0.15) is 39.5 Å². The van der Waals surface area contributed by atoms with Gasteiger partial charge in [-0.2, -0.15) is 10.4 Å². The topological polar surface area (TPSA) is 138 Å². The predicted octanol–water partition coefficient (Wildman–Crippen LogP) is 5.71. The van der Waals surface area contributed by atoms with Gasteiger partial charge in [-0.25, -0.2) is 27.6 Å². The van der Waals surface area contributed by atoms with Crippen LogP contribution in [0.4, 0.5) is 13.2 Å². The van der Waals surface area contributed by atoms with Gasteiger partial charge in [-0.1, -0.05) is 42.5 Å². The first-order valence-electron chi connectivity index (χ1n) is 16.4. The fourth-order valence-electron chi connectivity index (χ4n) is 5.54. The molecule has 11 nitrogen and oxygen atoms in total. The maximum absolute atomic E-state index is 15.8. The number of hydrogen-bond donors (Lipinski definition) is 1. The third-order valence-electron chi connectivity index (χ3n) is 8.20. The molecule has 0 spiro atoms. The molecule has 15 heteroatoms. The number of likely N-dealkylation sites (N-methyl/N-ethyl adjacent to an activating group) is 1. The second-order valence-electron chi connectivity index (χ2n) is 11.9. The van der Waals surface area contributed by atoms with Crippen LogP contribution in [-0.2, 0) is 42.5 Å². The van der Waals surface area contributed by atoms with Gasteiger partial charge in [-0.15, -0.1) is 11.8 Å². The largest absolute Gasteiger partial charge is 0.460 e. The Labute approximate surface area is 308 Å². The number of nitrogens with one attached hydrogen (secondary N) is 1. The number of hydrogen-bond acceptors (Lipinski definition) is 11. The van der Waals surface area contributed by atoms with Crippen LogP contribution in [0.5, 0.6) is 0 Å². The van der Waals surface area contributed by atoms with E-state index in [1.165, 1.54) is 53.4 Å². The maximum atomic E-state index is 15.8. The van der Waals surface area contributed by atoms with E-state index in [1.807, 2.05) is 6.07 Å². The van der Waals surface area contributed by atoms with Crippen molar-refractivity contribution in [2.75, 3.05) is 26.8 Å². The van der Waals surface area contributed by atoms with Crippen LogP contribution < -0.4 is 5.32 Å². The summed E-state index contributed by atoms with van der Waals surface area (Å²) in [5, 5.41) is 14.8. The molecule has 276 valence electrons. The number of carbonyl (C=O) groups excluding carboxylic acids is 2. The first-order chi connectivity index (χ1) is 25.6. The number of aromatic nitrogens is 3. The summed E-state index contributed by atoms with van der Waals surface area (Å²) in [6.07, 6.45) is 8.45. The van der Waals surface area contributed by atoms with Gasteiger partial charge < -0.3 is 24.3 Å². The standard InChI is InChI=1S/C38H36F3N5O6S/c1-25(53-30-20-50-36(51-21-30)10-6-4-7-27-12-11-26(17-42)15-33(27)40)38(22-46-24-44-23-45-46,32-14-13-29(39)16-34(32)41)52-37(48)31-9-5-3-8-28(31)19-49-35(47)18-43-2/h3-16,23-25,30,36,43H,18-22H2,1-2H3/t25-,30-,36-,38-/m1/s1. The lowest BCUT2D eigenvalue weighted by Gasteiger charge is -2.40. The molecule has 0 radical (unpaired) electrons. The number of esters is 2. The Kier molecular flexibility index (Phi) is 13.6. The third kappa shape index (κ3) is 10.2. The molecule has 1 saturated heterocycles. The number of rotatable bonds is 15. The molecule has 1 N–H and O–H groups in total. The maximum Gasteiger partial charge on any atom is 0.339 e. The lowest BCUT2D eigenvalue weighted by molar-refractivity contribution is -0.146. The van der Waals surface area contributed by atoms with Crippen molar-refractivity contribution >= 4 is 29.8 Å². The molecule has 1 aliphatic rings. The SMILES string of the molecule is CNCC(=O)OCc1ccccc1C(=O)O[C@@](Cn1cncn1)(c1ccc(F)cc1F)[C@@H](C)S[C@H]1CO[C@H](C=CC=Cc2ccc(C#N)cc2F)OC1. The summed E-state index contributed by atoms with van der Waals surface area (Å²) in [5.41, 5.74) is -0.893. The monoisotopic (exact) mass is 747 g/mol. The van der Waals surface area contributed by atoms with Crippen molar-refractivity contribution in [2.24, 2.45) is 0 Å². The highest BCUT2D eigenvalue weighted by Crippen LogP contribution is 2.42. The number of nitriles is 1. The molecular weight excluding hydrogens is 712 g/mol. The quantitative estimate of drug-likeness (QED) is 0.118. The molecule has 1 aliphatic heterocycles. The molecule has 0 saturated carbocycles. The van der Waals surface area contributed by atoms with Gasteiger partial charge in [0, 0.05) is 28.0 Å². The van der Waals surface area contributed by atoms with Crippen molar-refractivity contribution in [2.45, 2.75) is 42.5 Å². The predicted molar refractivity (Wildman–Crippen MR) is 189 cm³/mol. The van der Waals surface area contributed by atoms with Crippen LogP contribution >= 0.6 is 11.8 Å². The molecule has 1 fully saturated rings. The Morgan fingerprint density at radius 2 is 1.91 bits per heavy atom. The number of nitrogens with zero attached hydrogens (tertiary/aromatic N) is 4. The summed E-state index contributed by atoms with van der Waals surface area (Å²) >= 11 is 1.32. The van der Waals surface area contributed by atoms with Crippen molar-refractivity contribution in [3.63, 3.8) is 0 Å². The minimum absolute atomic E-state index is 0.0317. The number of ether oxygens (including phenoxy) is 4. The van der Waals surface area contributed by atoms with Gasteiger partial charge in [0.1, 0.15) is 36.7 Å². The van der Waals surface area contributed by atoms with Crippen molar-refractivity contribution < 1.29 is 41.7 Å². The number of halogens is 3. The molecule has 0 bridgehead atoms. The van der Waals surface area contributed by atoms with Gasteiger partial charge in [0.05, 0.1) is 48.7 Å². The van der Waals surface area contributed by atoms with Crippen LogP contribution in [0.3, 0.4) is 0 Å². The van der Waals surface area contributed by atoms with Crippen LogP contribution in [0.2, 0.25) is 0 Å². The van der Waals surface area contributed by atoms with Crippen molar-refractivity contribution in [3.8, 4) is 6.07 Å². The van der Waals surface area contributed by atoms with Gasteiger partial charge in [-0.05, 0) is 50.4 Å². The van der Waals surface area contributed by atoms with Gasteiger partial charge in [0.15, 0.2) is 11.9 Å². The van der Waals surface area contributed by atoms with E-state index in [2.05, 4.69) is 15.4 Å². The highest BCUT2D eigenvalue weighted by molar-refractivity contribution is 8.00. The zero-order valence-electron chi connectivity index (χ0n) is 28.8. The molecular formula is C38H36F3N5O6S. The molecule has 0 unspecified atom stereocenters. The first kappa shape index (κ1) is 38.9. The normalized spacial score (nSPS) is 17.7. The molecule has 0 aliphatic carbocycles. The number of benzene rings is 3. The van der Waals surface area contributed by atoms with Crippen molar-refractivity contribution in [1.82, 2.24) is 20.1 Å². The Morgan fingerprint density at radius 1 is 1.11 bits per heavy atom. The zero-order chi connectivity index (χ0) is 37.8. The van der Waals surface area contributed by atoms with Crippen LogP contribution in [0.25, 0.3) is 6.08 Å². The number of carbonyl (C=O) groups is 2. The summed E-state index contributed by atoms with van der Waals surface area (Å²) in [6, 6.07) is 15.5. The minimum atomic E-state index is -1.79. The molecule has 0 amide bonds. The summed E-state index contributed by atoms with van der Waals surface area (Å²) in [5.74, 6) is -3.63. The highest BCUT2D eigenvalue weighted by Gasteiger charge is 2.47. The van der Waals surface area contributed by atoms with E-state index in [-0.39, 0.29) is 54.9 Å². The molecule has 3 aromatic carbocycles. The summed E-state index contributed by atoms with van der Waals surface area (Å²) < 4.78 is 69.2. The number of thioether (sulfide) groups is 1. The van der Waals surface area contributed by atoms with Gasteiger partial charge in [0.2, 0.25) is 0 Å². The Hall–Kier alpha value is -5.27. The molecule has 1 aromatic heterocycles.